The molecule has 1 aromatic heterocycles. The minimum absolute atomic E-state index is 0.103. The second-order valence-corrected chi connectivity index (χ2v) is 6.61. The summed E-state index contributed by atoms with van der Waals surface area (Å²) in [6.07, 6.45) is 4.13. The maximum Gasteiger partial charge on any atom is 0.274 e. The largest absolute Gasteiger partial charge is 0.390 e. The molecule has 2 aromatic rings. The average Bonchev–Trinajstić information content (AvgIpc) is 2.64. The first kappa shape index (κ1) is 15.5. The number of fused-ring (bicyclic) bond motifs is 1. The Hall–Kier alpha value is -2.05. The Bertz CT molecular complexity index is 756. The van der Waals surface area contributed by atoms with Crippen LogP contribution in [0.2, 0.25) is 0 Å². The maximum atomic E-state index is 12.7. The number of benzene rings is 1. The van der Waals surface area contributed by atoms with E-state index in [1.54, 1.807) is 11.1 Å². The van der Waals surface area contributed by atoms with Gasteiger partial charge in [-0.2, -0.15) is 0 Å². The van der Waals surface area contributed by atoms with Crippen molar-refractivity contribution in [3.8, 4) is 0 Å². The Kier molecular flexibility index (Phi) is 3.94. The second-order valence-electron chi connectivity index (χ2n) is 6.61. The predicted molar refractivity (Wildman–Crippen MR) is 88.6 cm³/mol. The third kappa shape index (κ3) is 2.65. The molecule has 0 radical (unpaired) electrons. The zero-order valence-electron chi connectivity index (χ0n) is 13.5. The molecule has 0 unspecified atom stereocenters. The van der Waals surface area contributed by atoms with Crippen molar-refractivity contribution in [1.82, 2.24) is 14.9 Å². The lowest BCUT2D eigenvalue weighted by Gasteiger charge is -2.46. The van der Waals surface area contributed by atoms with Crippen molar-refractivity contribution in [1.29, 1.82) is 0 Å². The Labute approximate surface area is 140 Å². The van der Waals surface area contributed by atoms with Crippen LogP contribution in [0.5, 0.6) is 0 Å². The van der Waals surface area contributed by atoms with E-state index < -0.39 is 11.7 Å². The minimum atomic E-state index is -0.468. The van der Waals surface area contributed by atoms with Crippen LogP contribution in [0, 0.1) is 0 Å². The zero-order chi connectivity index (χ0) is 16.6. The van der Waals surface area contributed by atoms with Crippen molar-refractivity contribution in [2.45, 2.75) is 37.4 Å². The van der Waals surface area contributed by atoms with Gasteiger partial charge in [0.25, 0.3) is 5.91 Å². The lowest BCUT2D eigenvalue weighted by Crippen LogP contribution is -2.56. The summed E-state index contributed by atoms with van der Waals surface area (Å²) in [5.41, 5.74) is 1.41. The molecule has 4 rings (SSSR count). The third-order valence-corrected chi connectivity index (χ3v) is 5.18. The number of carbonyl (C=O) groups excluding carboxylic acids is 1. The van der Waals surface area contributed by atoms with Gasteiger partial charge >= 0.3 is 0 Å². The van der Waals surface area contributed by atoms with Crippen molar-refractivity contribution >= 4 is 16.9 Å². The van der Waals surface area contributed by atoms with Gasteiger partial charge in [-0.15, -0.1) is 0 Å². The van der Waals surface area contributed by atoms with Crippen LogP contribution in [0.3, 0.4) is 0 Å². The molecule has 1 spiro atoms. The molecule has 6 nitrogen and oxygen atoms in total. The first-order valence-corrected chi connectivity index (χ1v) is 8.51. The molecule has 0 aliphatic carbocycles. The molecule has 0 saturated carbocycles. The summed E-state index contributed by atoms with van der Waals surface area (Å²) in [5.74, 6) is -0.103. The Morgan fingerprint density at radius 2 is 2.00 bits per heavy atom. The van der Waals surface area contributed by atoms with Gasteiger partial charge < -0.3 is 14.7 Å². The number of piperidine rings is 1. The number of aliphatic hydroxyl groups excluding tert-OH is 1. The van der Waals surface area contributed by atoms with Crippen LogP contribution < -0.4 is 0 Å². The van der Waals surface area contributed by atoms with Crippen molar-refractivity contribution in [2.75, 3.05) is 19.7 Å². The summed E-state index contributed by atoms with van der Waals surface area (Å²) in [7, 11) is 0. The normalized spacial score (nSPS) is 23.5. The highest BCUT2D eigenvalue weighted by molar-refractivity contribution is 5.93. The van der Waals surface area contributed by atoms with E-state index in [1.165, 1.54) is 0 Å². The topological polar surface area (TPSA) is 75.6 Å². The Balaban J connectivity index is 1.49. The van der Waals surface area contributed by atoms with Gasteiger partial charge in [0.15, 0.2) is 0 Å². The van der Waals surface area contributed by atoms with Crippen LogP contribution in [0.25, 0.3) is 11.0 Å². The summed E-state index contributed by atoms with van der Waals surface area (Å²) >= 11 is 0. The quantitative estimate of drug-likeness (QED) is 0.864. The van der Waals surface area contributed by atoms with Gasteiger partial charge in [-0.3, -0.25) is 9.78 Å². The highest BCUT2D eigenvalue weighted by Gasteiger charge is 2.44. The molecule has 3 heterocycles. The van der Waals surface area contributed by atoms with E-state index >= 15 is 0 Å². The molecule has 1 aromatic carbocycles. The predicted octanol–water partition coefficient (Wildman–Crippen LogP) is 1.78. The number of amides is 1. The number of para-hydroxylation sites is 2. The summed E-state index contributed by atoms with van der Waals surface area (Å²) in [4.78, 5) is 23.3. The van der Waals surface area contributed by atoms with Gasteiger partial charge in [-0.1, -0.05) is 12.1 Å². The van der Waals surface area contributed by atoms with E-state index in [1.807, 2.05) is 24.3 Å². The van der Waals surface area contributed by atoms with Crippen LogP contribution in [0.4, 0.5) is 0 Å². The fourth-order valence-electron chi connectivity index (χ4n) is 3.70. The smallest absolute Gasteiger partial charge is 0.274 e. The van der Waals surface area contributed by atoms with Gasteiger partial charge in [-0.05, 0) is 37.8 Å². The number of likely N-dealkylation sites (tertiary alicyclic amines) is 1. The van der Waals surface area contributed by atoms with Crippen LogP contribution in [0.1, 0.15) is 36.2 Å². The van der Waals surface area contributed by atoms with Crippen molar-refractivity contribution in [3.63, 3.8) is 0 Å². The van der Waals surface area contributed by atoms with E-state index in [9.17, 15) is 9.90 Å². The fourth-order valence-corrected chi connectivity index (χ4v) is 3.70. The maximum absolute atomic E-state index is 12.7. The average molecular weight is 327 g/mol. The number of nitrogens with zero attached hydrogens (tertiary/aromatic N) is 3. The van der Waals surface area contributed by atoms with Crippen LogP contribution in [-0.2, 0) is 4.74 Å². The Morgan fingerprint density at radius 1 is 1.25 bits per heavy atom. The molecule has 0 bridgehead atoms. The summed E-state index contributed by atoms with van der Waals surface area (Å²) in [6.45, 7) is 1.84. The number of ether oxygens (including phenoxy) is 1. The molecule has 1 N–H and O–H groups in total. The van der Waals surface area contributed by atoms with Crippen LogP contribution in [0.15, 0.2) is 30.5 Å². The summed E-state index contributed by atoms with van der Waals surface area (Å²) in [6, 6.07) is 7.52. The van der Waals surface area contributed by atoms with E-state index in [-0.39, 0.29) is 5.91 Å². The summed E-state index contributed by atoms with van der Waals surface area (Å²) < 4.78 is 5.89. The number of aliphatic hydroxyl groups is 1. The number of hydrogen-bond donors (Lipinski definition) is 1. The molecule has 24 heavy (non-hydrogen) atoms. The van der Waals surface area contributed by atoms with E-state index in [0.717, 1.165) is 23.9 Å². The first-order valence-electron chi connectivity index (χ1n) is 8.51. The molecule has 2 saturated heterocycles. The number of aromatic nitrogens is 2. The molecule has 1 amide bonds. The molecule has 2 fully saturated rings. The van der Waals surface area contributed by atoms with E-state index in [4.69, 9.17) is 4.74 Å². The summed E-state index contributed by atoms with van der Waals surface area (Å²) in [5, 5.41) is 10.3. The molecule has 126 valence electrons. The minimum Gasteiger partial charge on any atom is -0.390 e. The lowest BCUT2D eigenvalue weighted by molar-refractivity contribution is -0.174. The number of hydrogen-bond acceptors (Lipinski definition) is 5. The molecular weight excluding hydrogens is 306 g/mol. The van der Waals surface area contributed by atoms with Gasteiger partial charge in [-0.25, -0.2) is 4.98 Å². The third-order valence-electron chi connectivity index (χ3n) is 5.18. The molecule has 2 aliphatic heterocycles. The lowest BCUT2D eigenvalue weighted by atomic mass is 9.82. The second kappa shape index (κ2) is 6.11. The van der Waals surface area contributed by atoms with Crippen molar-refractivity contribution in [3.05, 3.63) is 36.2 Å². The van der Waals surface area contributed by atoms with Crippen LogP contribution in [-0.4, -0.2) is 57.3 Å². The van der Waals surface area contributed by atoms with Crippen LogP contribution >= 0.6 is 0 Å². The standard InChI is InChI=1S/C18H21N3O3/c22-16-6-3-11-24-18(16)7-9-21(10-8-18)17(23)15-12-19-13-4-1-2-5-14(13)20-15/h1-2,4-5,12,16,22H,3,6-11H2/t16-/m1/s1. The van der Waals surface area contributed by atoms with Gasteiger partial charge in [0.2, 0.25) is 0 Å². The SMILES string of the molecule is O=C(c1cnc2ccccc2n1)N1CCC2(CC1)OCCC[C@H]2O. The monoisotopic (exact) mass is 327 g/mol. The zero-order valence-corrected chi connectivity index (χ0v) is 13.5. The van der Waals surface area contributed by atoms with Gasteiger partial charge in [0.05, 0.1) is 28.9 Å². The van der Waals surface area contributed by atoms with Gasteiger partial charge in [0.1, 0.15) is 5.69 Å². The molecule has 2 aliphatic rings. The van der Waals surface area contributed by atoms with E-state index in [0.29, 0.717) is 38.2 Å². The van der Waals surface area contributed by atoms with Crippen molar-refractivity contribution < 1.29 is 14.6 Å². The highest BCUT2D eigenvalue weighted by Crippen LogP contribution is 2.35. The molecular formula is C18H21N3O3. The molecule has 6 heteroatoms. The first-order chi connectivity index (χ1) is 11.7. The fraction of sp³-hybridized carbons (Fsp3) is 0.500. The molecule has 1 atom stereocenters. The highest BCUT2D eigenvalue weighted by atomic mass is 16.5. The van der Waals surface area contributed by atoms with Gasteiger partial charge in [0, 0.05) is 19.7 Å². The van der Waals surface area contributed by atoms with Crippen molar-refractivity contribution in [2.24, 2.45) is 0 Å². The van der Waals surface area contributed by atoms with E-state index in [2.05, 4.69) is 9.97 Å². The Morgan fingerprint density at radius 3 is 2.75 bits per heavy atom. The number of rotatable bonds is 1. The number of carbonyl (C=O) groups is 1.